The lowest BCUT2D eigenvalue weighted by molar-refractivity contribution is -0.137. The van der Waals surface area contributed by atoms with Crippen molar-refractivity contribution >= 4 is 77.3 Å². The third kappa shape index (κ3) is 31.3. The fraction of sp³-hybridized carbons (Fsp3) is 0.729. The number of amides is 10. The summed E-state index contributed by atoms with van der Waals surface area (Å²) in [5.41, 5.74) is 38.4. The molecule has 26 N–H and O–H groups in total. The van der Waals surface area contributed by atoms with Crippen molar-refractivity contribution in [2.24, 2.45) is 50.1 Å². The molecule has 0 radical (unpaired) electrons. The fourth-order valence-electron chi connectivity index (χ4n) is 7.41. The van der Waals surface area contributed by atoms with Gasteiger partial charge in [-0.3, -0.25) is 57.9 Å². The van der Waals surface area contributed by atoms with E-state index < -0.39 is 151 Å². The second kappa shape index (κ2) is 39.9. The highest BCUT2D eigenvalue weighted by Gasteiger charge is 2.36. The van der Waals surface area contributed by atoms with Crippen molar-refractivity contribution in [2.45, 2.75) is 177 Å². The monoisotopic (exact) mass is 1160 g/mol. The summed E-state index contributed by atoms with van der Waals surface area (Å²) in [6.45, 7) is 5.10. The Labute approximate surface area is 471 Å². The number of nitrogens with one attached hydrogen (secondary N) is 9. The smallest absolute Gasteiger partial charge is 0.245 e. The van der Waals surface area contributed by atoms with Gasteiger partial charge in [0.2, 0.25) is 59.1 Å². The lowest BCUT2D eigenvalue weighted by Gasteiger charge is -2.29. The molecule has 0 spiro atoms. The van der Waals surface area contributed by atoms with Crippen LogP contribution in [0.3, 0.4) is 0 Å². The molecule has 12 atom stereocenters. The highest BCUT2D eigenvalue weighted by atomic mass is 16.3. The summed E-state index contributed by atoms with van der Waals surface area (Å²) in [5.74, 6) is -9.94. The number of aldehydes is 1. The summed E-state index contributed by atoms with van der Waals surface area (Å²) in [7, 11) is 3.70. The van der Waals surface area contributed by atoms with Crippen LogP contribution in [-0.2, 0) is 52.7 Å². The van der Waals surface area contributed by atoms with E-state index >= 15 is 0 Å². The average Bonchev–Trinajstić information content (AvgIpc) is 3.41. The molecule has 0 fully saturated rings. The van der Waals surface area contributed by atoms with Gasteiger partial charge in [0.1, 0.15) is 60.7 Å². The van der Waals surface area contributed by atoms with Crippen molar-refractivity contribution in [1.82, 2.24) is 52.8 Å². The maximum atomic E-state index is 14.0. The standard InChI is InChI=1S/C48H91N19O14/c1-25(50)38(73)60-33(16-12-21-57-48(54)55)43(78)66-37(28(4)71)46(81)64-31(13-7-9-19-49)41(76)63-34(17-18-35(51)72)44(79)65-36(27(3)70)45(80)58-26(2)39(74)61-32(15-11-20-56-47(52)53)42(77)62-30(14-8-10-22-67(5)6)40(75)59-29(23-68)24-69/h23,25-34,36-37,69-71H,7-22,24,49-50H2,1-6H3,(H2,51,72)(H,58,80)(H,59,75)(H,60,73)(H,61,74)(H,62,77)(H,63,76)(H,64,81)(H,65,79)(H,66,78)(H4,52,53,56)(H4,54,55,57)/t25-,26-,27+,28+,29+,30-,31-,32-,33-,34-,36-,37-/m0/s1. The highest BCUT2D eigenvalue weighted by Crippen LogP contribution is 2.10. The number of unbranched alkanes of at least 4 members (excludes halogenated alkanes) is 2. The number of hydrogen-bond donors (Lipinski definition) is 19. The van der Waals surface area contributed by atoms with Crippen LogP contribution in [-0.4, -0.2) is 217 Å². The SMILES string of the molecule is C[C@H](N)C(=O)N[C@@H](CCCN=C(N)N)C(=O)N[C@H](C(=O)N[C@@H](CCCCN)C(=O)N[C@@H](CCC(N)=O)C(=O)N[C@H](C(=O)N[C@@H](C)C(=O)N[C@@H](CCCN=C(N)N)C(=O)N[C@@H](CCCCN(C)C)C(=O)N[C@H](C=O)CO)[C@@H](C)O)[C@@H](C)O. The van der Waals surface area contributed by atoms with E-state index in [0.29, 0.717) is 32.1 Å². The van der Waals surface area contributed by atoms with Crippen molar-refractivity contribution in [2.75, 3.05) is 46.9 Å². The molecular weight excluding hydrogens is 1070 g/mol. The van der Waals surface area contributed by atoms with Crippen molar-refractivity contribution in [3.05, 3.63) is 0 Å². The second-order valence-electron chi connectivity index (χ2n) is 19.7. The van der Waals surface area contributed by atoms with E-state index in [1.54, 1.807) is 0 Å². The predicted octanol–water partition coefficient (Wildman–Crippen LogP) is -9.10. The van der Waals surface area contributed by atoms with Crippen LogP contribution >= 0.6 is 0 Å². The van der Waals surface area contributed by atoms with Gasteiger partial charge in [0, 0.05) is 19.5 Å². The zero-order valence-corrected chi connectivity index (χ0v) is 47.2. The van der Waals surface area contributed by atoms with Crippen molar-refractivity contribution in [3.8, 4) is 0 Å². The second-order valence-corrected chi connectivity index (χ2v) is 19.7. The Balaban J connectivity index is 6.64. The van der Waals surface area contributed by atoms with Gasteiger partial charge < -0.3 is 113 Å². The normalized spacial score (nSPS) is 15.5. The van der Waals surface area contributed by atoms with Crippen LogP contribution in [0.1, 0.15) is 105 Å². The number of nitrogens with zero attached hydrogens (tertiary/aromatic N) is 3. The Morgan fingerprint density at radius 3 is 1.25 bits per heavy atom. The molecule has 0 saturated carbocycles. The quantitative estimate of drug-likeness (QED) is 0.0117. The molecule has 33 heteroatoms. The molecule has 0 aliphatic heterocycles. The molecule has 10 amide bonds. The number of rotatable bonds is 42. The van der Waals surface area contributed by atoms with Gasteiger partial charge in [0.05, 0.1) is 24.9 Å². The predicted molar refractivity (Wildman–Crippen MR) is 297 cm³/mol. The Hall–Kier alpha value is -7.33. The topological polar surface area (TPSA) is 567 Å². The number of aliphatic hydroxyl groups excluding tert-OH is 3. The lowest BCUT2D eigenvalue weighted by atomic mass is 10.0. The van der Waals surface area contributed by atoms with Crippen molar-refractivity contribution < 1.29 is 68.1 Å². The molecule has 33 nitrogen and oxygen atoms in total. The van der Waals surface area contributed by atoms with Crippen molar-refractivity contribution in [1.29, 1.82) is 0 Å². The minimum Gasteiger partial charge on any atom is -0.394 e. The molecule has 81 heavy (non-hydrogen) atoms. The average molecular weight is 1160 g/mol. The summed E-state index contributed by atoms with van der Waals surface area (Å²) in [5, 5.41) is 52.8. The minimum absolute atomic E-state index is 0.0216. The zero-order chi connectivity index (χ0) is 61.9. The number of nitrogens with two attached hydrogens (primary N) is 7. The Morgan fingerprint density at radius 2 is 0.864 bits per heavy atom. The van der Waals surface area contributed by atoms with Crippen molar-refractivity contribution in [3.63, 3.8) is 0 Å². The van der Waals surface area contributed by atoms with Crippen LogP contribution in [0.4, 0.5) is 0 Å². The van der Waals surface area contributed by atoms with Gasteiger partial charge in [-0.2, -0.15) is 0 Å². The Morgan fingerprint density at radius 1 is 0.494 bits per heavy atom. The molecule has 0 aromatic rings. The van der Waals surface area contributed by atoms with Crippen LogP contribution < -0.4 is 88.0 Å². The van der Waals surface area contributed by atoms with E-state index in [4.69, 9.17) is 40.1 Å². The van der Waals surface area contributed by atoms with Gasteiger partial charge in [-0.15, -0.1) is 0 Å². The van der Waals surface area contributed by atoms with E-state index in [2.05, 4.69) is 57.8 Å². The van der Waals surface area contributed by atoms with Gasteiger partial charge in [0.25, 0.3) is 0 Å². The lowest BCUT2D eigenvalue weighted by Crippen LogP contribution is -2.62. The van der Waals surface area contributed by atoms with Gasteiger partial charge in [0.15, 0.2) is 11.9 Å². The number of carbonyl (C=O) groups is 11. The number of primary amides is 1. The molecule has 0 rings (SSSR count). The van der Waals surface area contributed by atoms with Crippen LogP contribution in [0, 0.1) is 0 Å². The third-order valence-electron chi connectivity index (χ3n) is 12.0. The van der Waals surface area contributed by atoms with Gasteiger partial charge in [-0.25, -0.2) is 0 Å². The zero-order valence-electron chi connectivity index (χ0n) is 47.2. The number of guanidine groups is 2. The van der Waals surface area contributed by atoms with Crippen LogP contribution in [0.25, 0.3) is 0 Å². The summed E-state index contributed by atoms with van der Waals surface area (Å²) in [6.07, 6.45) is -2.12. The molecule has 0 heterocycles. The Bertz CT molecular complexity index is 2110. The Kier molecular flexibility index (Phi) is 36.3. The van der Waals surface area contributed by atoms with Gasteiger partial charge in [-0.05, 0) is 126 Å². The summed E-state index contributed by atoms with van der Waals surface area (Å²) in [6, 6.07) is -14.4. The number of hydrogen-bond acceptors (Lipinski definition) is 19. The molecule has 462 valence electrons. The minimum atomic E-state index is -1.84. The summed E-state index contributed by atoms with van der Waals surface area (Å²) < 4.78 is 0. The maximum absolute atomic E-state index is 14.0. The fourth-order valence-corrected chi connectivity index (χ4v) is 7.41. The number of carbonyl (C=O) groups excluding carboxylic acids is 11. The first-order valence-corrected chi connectivity index (χ1v) is 26.6. The van der Waals surface area contributed by atoms with E-state index in [-0.39, 0.29) is 76.5 Å². The molecule has 0 aromatic heterocycles. The highest BCUT2D eigenvalue weighted by molar-refractivity contribution is 5.98. The summed E-state index contributed by atoms with van der Waals surface area (Å²) in [4.78, 5) is 155. The van der Waals surface area contributed by atoms with Crippen LogP contribution in [0.5, 0.6) is 0 Å². The largest absolute Gasteiger partial charge is 0.394 e. The maximum Gasteiger partial charge on any atom is 0.245 e. The van der Waals surface area contributed by atoms with Crippen LogP contribution in [0.15, 0.2) is 9.98 Å². The van der Waals surface area contributed by atoms with E-state index in [1.807, 2.05) is 19.0 Å². The van der Waals surface area contributed by atoms with E-state index in [1.165, 1.54) is 20.8 Å². The third-order valence-corrected chi connectivity index (χ3v) is 12.0. The molecule has 0 aromatic carbocycles. The summed E-state index contributed by atoms with van der Waals surface area (Å²) >= 11 is 0. The van der Waals surface area contributed by atoms with E-state index in [0.717, 1.165) is 6.92 Å². The van der Waals surface area contributed by atoms with Crippen LogP contribution in [0.2, 0.25) is 0 Å². The number of aliphatic imine (C=N–C) groups is 2. The first-order valence-electron chi connectivity index (χ1n) is 26.6. The van der Waals surface area contributed by atoms with E-state index in [9.17, 15) is 68.1 Å². The molecule has 0 aliphatic carbocycles. The van der Waals surface area contributed by atoms with Gasteiger partial charge in [-0.1, -0.05) is 0 Å². The molecule has 0 bridgehead atoms. The molecule has 0 saturated heterocycles. The first kappa shape index (κ1) is 73.7. The molecular formula is C48H91N19O14. The first-order chi connectivity index (χ1) is 38.0. The molecule has 0 unspecified atom stereocenters. The number of aliphatic hydroxyl groups is 3. The van der Waals surface area contributed by atoms with Gasteiger partial charge >= 0.3 is 0 Å². The molecule has 0 aliphatic rings.